The average molecular weight is 282 g/mol. The number of carbonyl (C=O) groups is 3. The second-order valence-electron chi connectivity index (χ2n) is 4.01. The molecule has 0 aromatic carbocycles. The van der Waals surface area contributed by atoms with Crippen molar-refractivity contribution >= 4 is 17.8 Å². The van der Waals surface area contributed by atoms with Crippen LogP contribution in [0.15, 0.2) is 22.8 Å². The summed E-state index contributed by atoms with van der Waals surface area (Å²) in [6.45, 7) is 0.627. The molecule has 1 aromatic heterocycles. The zero-order valence-corrected chi connectivity index (χ0v) is 11.3. The molecule has 0 bridgehead atoms. The van der Waals surface area contributed by atoms with Gasteiger partial charge in [-0.3, -0.25) is 14.4 Å². The van der Waals surface area contributed by atoms with Gasteiger partial charge in [-0.1, -0.05) is 0 Å². The van der Waals surface area contributed by atoms with Gasteiger partial charge in [0.25, 0.3) is 5.91 Å². The molecule has 2 amide bonds. The molecule has 1 rings (SSSR count). The van der Waals surface area contributed by atoms with Crippen LogP contribution in [0, 0.1) is 0 Å². The van der Waals surface area contributed by atoms with Crippen LogP contribution in [0.3, 0.4) is 0 Å². The second-order valence-corrected chi connectivity index (χ2v) is 4.01. The van der Waals surface area contributed by atoms with Crippen molar-refractivity contribution in [3.63, 3.8) is 0 Å². The Bertz CT molecular complexity index is 442. The highest BCUT2D eigenvalue weighted by molar-refractivity contribution is 5.91. The zero-order valence-electron chi connectivity index (χ0n) is 11.3. The van der Waals surface area contributed by atoms with Gasteiger partial charge in [0, 0.05) is 25.9 Å². The third-order valence-electron chi connectivity index (χ3n) is 2.49. The lowest BCUT2D eigenvalue weighted by Gasteiger charge is -2.05. The van der Waals surface area contributed by atoms with Crippen molar-refractivity contribution in [3.05, 3.63) is 24.2 Å². The van der Waals surface area contributed by atoms with E-state index in [1.165, 1.54) is 13.4 Å². The molecule has 0 spiro atoms. The molecule has 1 heterocycles. The number of amides is 2. The molecule has 0 aliphatic carbocycles. The average Bonchev–Trinajstić information content (AvgIpc) is 2.97. The number of methoxy groups -OCH3 is 1. The van der Waals surface area contributed by atoms with Crippen LogP contribution >= 0.6 is 0 Å². The number of hydrogen-bond acceptors (Lipinski definition) is 5. The van der Waals surface area contributed by atoms with E-state index in [2.05, 4.69) is 15.4 Å². The van der Waals surface area contributed by atoms with Gasteiger partial charge in [-0.2, -0.15) is 0 Å². The Hall–Kier alpha value is -2.31. The van der Waals surface area contributed by atoms with Gasteiger partial charge >= 0.3 is 5.97 Å². The summed E-state index contributed by atoms with van der Waals surface area (Å²) in [5.74, 6) is -0.628. The summed E-state index contributed by atoms with van der Waals surface area (Å²) >= 11 is 0. The van der Waals surface area contributed by atoms with Crippen LogP contribution in [0.4, 0.5) is 0 Å². The van der Waals surface area contributed by atoms with Crippen molar-refractivity contribution in [3.8, 4) is 0 Å². The molecule has 2 N–H and O–H groups in total. The fourth-order valence-electron chi connectivity index (χ4n) is 1.44. The standard InChI is InChI=1S/C13H18N2O5/c1-19-12(17)5-2-7-14-11(16)6-8-15-13(18)10-4-3-9-20-10/h3-4,9H,2,5-8H2,1H3,(H,14,16)(H,15,18). The molecule has 110 valence electrons. The Morgan fingerprint density at radius 2 is 2.00 bits per heavy atom. The minimum absolute atomic E-state index is 0.171. The third-order valence-corrected chi connectivity index (χ3v) is 2.49. The highest BCUT2D eigenvalue weighted by atomic mass is 16.5. The van der Waals surface area contributed by atoms with E-state index in [1.54, 1.807) is 12.1 Å². The predicted octanol–water partition coefficient (Wildman–Crippen LogP) is 0.469. The fourth-order valence-corrected chi connectivity index (χ4v) is 1.44. The SMILES string of the molecule is COC(=O)CCCNC(=O)CCNC(=O)c1ccco1. The largest absolute Gasteiger partial charge is 0.469 e. The van der Waals surface area contributed by atoms with E-state index in [0.29, 0.717) is 13.0 Å². The van der Waals surface area contributed by atoms with Crippen LogP contribution in [-0.2, 0) is 14.3 Å². The normalized spacial score (nSPS) is 9.85. The topological polar surface area (TPSA) is 97.6 Å². The first-order valence-corrected chi connectivity index (χ1v) is 6.28. The molecule has 7 heteroatoms. The van der Waals surface area contributed by atoms with Crippen molar-refractivity contribution < 1.29 is 23.5 Å². The summed E-state index contributed by atoms with van der Waals surface area (Å²) in [7, 11) is 1.32. The van der Waals surface area contributed by atoms with Crippen LogP contribution < -0.4 is 10.6 Å². The lowest BCUT2D eigenvalue weighted by atomic mass is 10.3. The Balaban J connectivity index is 2.05. The van der Waals surface area contributed by atoms with Crippen molar-refractivity contribution in [1.82, 2.24) is 10.6 Å². The number of hydrogen-bond donors (Lipinski definition) is 2. The smallest absolute Gasteiger partial charge is 0.305 e. The number of rotatable bonds is 8. The van der Waals surface area contributed by atoms with Crippen LogP contribution in [-0.4, -0.2) is 38.0 Å². The minimum atomic E-state index is -0.353. The summed E-state index contributed by atoms with van der Waals surface area (Å²) in [4.78, 5) is 33.7. The van der Waals surface area contributed by atoms with Gasteiger partial charge in [0.1, 0.15) is 0 Å². The molecule has 1 aromatic rings. The molecular formula is C13H18N2O5. The molecule has 20 heavy (non-hydrogen) atoms. The van der Waals surface area contributed by atoms with E-state index < -0.39 is 0 Å². The number of ether oxygens (including phenoxy) is 1. The molecule has 0 saturated heterocycles. The van der Waals surface area contributed by atoms with Crippen molar-refractivity contribution in [1.29, 1.82) is 0 Å². The fraction of sp³-hybridized carbons (Fsp3) is 0.462. The minimum Gasteiger partial charge on any atom is -0.469 e. The van der Waals surface area contributed by atoms with E-state index >= 15 is 0 Å². The first kappa shape index (κ1) is 15.7. The van der Waals surface area contributed by atoms with Gasteiger partial charge in [0.2, 0.25) is 5.91 Å². The predicted molar refractivity (Wildman–Crippen MR) is 69.9 cm³/mol. The van der Waals surface area contributed by atoms with Gasteiger partial charge in [0.15, 0.2) is 5.76 Å². The maximum atomic E-state index is 11.5. The van der Waals surface area contributed by atoms with Gasteiger partial charge < -0.3 is 19.8 Å². The Labute approximate surface area is 116 Å². The third kappa shape index (κ3) is 6.03. The molecule has 0 fully saturated rings. The summed E-state index contributed by atoms with van der Waals surface area (Å²) < 4.78 is 9.38. The Kier molecular flexibility index (Phi) is 6.88. The van der Waals surface area contributed by atoms with E-state index in [9.17, 15) is 14.4 Å². The van der Waals surface area contributed by atoms with E-state index in [0.717, 1.165) is 0 Å². The van der Waals surface area contributed by atoms with Gasteiger partial charge in [-0.15, -0.1) is 0 Å². The van der Waals surface area contributed by atoms with Gasteiger partial charge in [-0.05, 0) is 18.6 Å². The Morgan fingerprint density at radius 1 is 1.20 bits per heavy atom. The lowest BCUT2D eigenvalue weighted by Crippen LogP contribution is -2.31. The molecule has 0 radical (unpaired) electrons. The summed E-state index contributed by atoms with van der Waals surface area (Å²) in [5, 5.41) is 5.22. The zero-order chi connectivity index (χ0) is 14.8. The van der Waals surface area contributed by atoms with E-state index in [4.69, 9.17) is 4.42 Å². The van der Waals surface area contributed by atoms with Crippen LogP contribution in [0.2, 0.25) is 0 Å². The molecule has 0 unspecified atom stereocenters. The van der Waals surface area contributed by atoms with Crippen LogP contribution in [0.1, 0.15) is 29.8 Å². The highest BCUT2D eigenvalue weighted by Gasteiger charge is 2.08. The van der Waals surface area contributed by atoms with Gasteiger partial charge in [0.05, 0.1) is 13.4 Å². The van der Waals surface area contributed by atoms with Crippen molar-refractivity contribution in [2.75, 3.05) is 20.2 Å². The molecular weight excluding hydrogens is 264 g/mol. The first-order chi connectivity index (χ1) is 9.63. The Morgan fingerprint density at radius 3 is 2.65 bits per heavy atom. The summed E-state index contributed by atoms with van der Waals surface area (Å²) in [6.07, 6.45) is 2.37. The van der Waals surface area contributed by atoms with E-state index in [1.807, 2.05) is 0 Å². The number of nitrogens with one attached hydrogen (secondary N) is 2. The quantitative estimate of drug-likeness (QED) is 0.533. The highest BCUT2D eigenvalue weighted by Crippen LogP contribution is 1.98. The first-order valence-electron chi connectivity index (χ1n) is 6.28. The number of carbonyl (C=O) groups excluding carboxylic acids is 3. The number of furan rings is 1. The van der Waals surface area contributed by atoms with Crippen LogP contribution in [0.5, 0.6) is 0 Å². The lowest BCUT2D eigenvalue weighted by molar-refractivity contribution is -0.140. The maximum Gasteiger partial charge on any atom is 0.305 e. The number of esters is 1. The van der Waals surface area contributed by atoms with Crippen molar-refractivity contribution in [2.24, 2.45) is 0 Å². The molecule has 7 nitrogen and oxygen atoms in total. The monoisotopic (exact) mass is 282 g/mol. The van der Waals surface area contributed by atoms with Crippen molar-refractivity contribution in [2.45, 2.75) is 19.3 Å². The molecule has 0 atom stereocenters. The van der Waals surface area contributed by atoms with E-state index in [-0.39, 0.29) is 42.9 Å². The molecule has 0 saturated carbocycles. The molecule has 0 aliphatic heterocycles. The van der Waals surface area contributed by atoms with Crippen LogP contribution in [0.25, 0.3) is 0 Å². The molecule has 0 aliphatic rings. The summed E-state index contributed by atoms with van der Waals surface area (Å²) in [6, 6.07) is 3.16. The van der Waals surface area contributed by atoms with Gasteiger partial charge in [-0.25, -0.2) is 0 Å². The second kappa shape index (κ2) is 8.73. The summed E-state index contributed by atoms with van der Waals surface area (Å²) in [5.41, 5.74) is 0. The maximum absolute atomic E-state index is 11.5.